The van der Waals surface area contributed by atoms with Gasteiger partial charge in [-0.1, -0.05) is 0 Å². The van der Waals surface area contributed by atoms with Crippen LogP contribution < -0.4 is 10.6 Å². The molecule has 0 amide bonds. The van der Waals surface area contributed by atoms with Gasteiger partial charge in [-0.2, -0.15) is 0 Å². The number of hydrogen-bond acceptors (Lipinski definition) is 4. The second-order valence-corrected chi connectivity index (χ2v) is 7.02. The zero-order valence-corrected chi connectivity index (χ0v) is 15.6. The van der Waals surface area contributed by atoms with Gasteiger partial charge in [0.1, 0.15) is 0 Å². The van der Waals surface area contributed by atoms with Crippen LogP contribution in [0.15, 0.2) is 10.4 Å². The highest BCUT2D eigenvalue weighted by molar-refractivity contribution is 7.09. The number of guanidine groups is 1. The second-order valence-electron chi connectivity index (χ2n) is 5.96. The Morgan fingerprint density at radius 2 is 1.86 bits per heavy atom. The van der Waals surface area contributed by atoms with Crippen molar-refractivity contribution in [3.05, 3.63) is 16.1 Å². The van der Waals surface area contributed by atoms with Gasteiger partial charge in [-0.25, -0.2) is 4.98 Å². The van der Waals surface area contributed by atoms with E-state index < -0.39 is 0 Å². The molecule has 0 spiro atoms. The van der Waals surface area contributed by atoms with E-state index in [0.717, 1.165) is 42.7 Å². The van der Waals surface area contributed by atoms with Crippen LogP contribution in [0.1, 0.15) is 38.4 Å². The Labute approximate surface area is 139 Å². The van der Waals surface area contributed by atoms with Gasteiger partial charge in [0, 0.05) is 50.6 Å². The van der Waals surface area contributed by atoms with Gasteiger partial charge in [0.05, 0.1) is 10.7 Å². The SMILES string of the molecule is CN=C(NCCc1csc(C)n1)NCCN(C(C)C)C(C)C. The molecule has 1 aromatic rings. The third kappa shape index (κ3) is 6.75. The standard InChI is InChI=1S/C16H31N5S/c1-12(2)21(13(3)4)10-9-19-16(17-6)18-8-7-15-11-22-14(5)20-15/h11-13H,7-10H2,1-6H3,(H2,17,18,19). The molecule has 1 rings (SSSR count). The number of rotatable bonds is 8. The molecule has 0 radical (unpaired) electrons. The minimum Gasteiger partial charge on any atom is -0.356 e. The van der Waals surface area contributed by atoms with E-state index in [9.17, 15) is 0 Å². The van der Waals surface area contributed by atoms with Crippen molar-refractivity contribution in [1.29, 1.82) is 0 Å². The highest BCUT2D eigenvalue weighted by atomic mass is 32.1. The van der Waals surface area contributed by atoms with Crippen LogP contribution in [0.4, 0.5) is 0 Å². The molecule has 0 aromatic carbocycles. The van der Waals surface area contributed by atoms with Crippen LogP contribution in [0.5, 0.6) is 0 Å². The first-order chi connectivity index (χ1) is 10.4. The zero-order valence-electron chi connectivity index (χ0n) is 14.8. The van der Waals surface area contributed by atoms with Crippen LogP contribution in [0.2, 0.25) is 0 Å². The molecular weight excluding hydrogens is 294 g/mol. The predicted molar refractivity (Wildman–Crippen MR) is 96.9 cm³/mol. The first kappa shape index (κ1) is 18.9. The number of aromatic nitrogens is 1. The Hall–Kier alpha value is -1.14. The quantitative estimate of drug-likeness (QED) is 0.569. The van der Waals surface area contributed by atoms with Crippen LogP contribution in [-0.4, -0.2) is 54.6 Å². The molecule has 0 aliphatic rings. The van der Waals surface area contributed by atoms with Crippen LogP contribution >= 0.6 is 11.3 Å². The first-order valence-electron chi connectivity index (χ1n) is 8.05. The molecule has 2 N–H and O–H groups in total. The van der Waals surface area contributed by atoms with Crippen molar-refractivity contribution >= 4 is 17.3 Å². The lowest BCUT2D eigenvalue weighted by atomic mass is 10.2. The Morgan fingerprint density at radius 1 is 1.23 bits per heavy atom. The molecule has 0 fully saturated rings. The summed E-state index contributed by atoms with van der Waals surface area (Å²) in [7, 11) is 1.81. The monoisotopic (exact) mass is 325 g/mol. The number of nitrogens with zero attached hydrogens (tertiary/aromatic N) is 3. The van der Waals surface area contributed by atoms with Crippen molar-refractivity contribution in [3.8, 4) is 0 Å². The van der Waals surface area contributed by atoms with E-state index >= 15 is 0 Å². The lowest BCUT2D eigenvalue weighted by Gasteiger charge is -2.30. The van der Waals surface area contributed by atoms with E-state index in [2.05, 4.69) is 58.6 Å². The zero-order chi connectivity index (χ0) is 16.5. The molecule has 0 bridgehead atoms. The maximum Gasteiger partial charge on any atom is 0.191 e. The normalized spacial score (nSPS) is 12.5. The summed E-state index contributed by atoms with van der Waals surface area (Å²) in [6, 6.07) is 1.12. The number of thiazole rings is 1. The van der Waals surface area contributed by atoms with Crippen molar-refractivity contribution in [2.45, 2.75) is 53.1 Å². The molecular formula is C16H31N5S. The maximum atomic E-state index is 4.47. The minimum atomic E-state index is 0.560. The molecule has 0 unspecified atom stereocenters. The summed E-state index contributed by atoms with van der Waals surface area (Å²) >= 11 is 1.70. The van der Waals surface area contributed by atoms with Crippen LogP contribution in [0.3, 0.4) is 0 Å². The molecule has 126 valence electrons. The molecule has 0 saturated heterocycles. The van der Waals surface area contributed by atoms with E-state index in [4.69, 9.17) is 0 Å². The van der Waals surface area contributed by atoms with E-state index in [1.807, 2.05) is 14.0 Å². The summed E-state index contributed by atoms with van der Waals surface area (Å²) in [4.78, 5) is 11.2. The first-order valence-corrected chi connectivity index (χ1v) is 8.93. The largest absolute Gasteiger partial charge is 0.356 e. The molecule has 0 aliphatic carbocycles. The smallest absolute Gasteiger partial charge is 0.191 e. The Bertz CT molecular complexity index is 445. The van der Waals surface area contributed by atoms with E-state index in [1.54, 1.807) is 11.3 Å². The summed E-state index contributed by atoms with van der Waals surface area (Å²) in [5, 5.41) is 9.97. The van der Waals surface area contributed by atoms with E-state index in [1.165, 1.54) is 0 Å². The summed E-state index contributed by atoms with van der Waals surface area (Å²) < 4.78 is 0. The molecule has 6 heteroatoms. The van der Waals surface area contributed by atoms with Crippen molar-refractivity contribution in [2.24, 2.45) is 4.99 Å². The lowest BCUT2D eigenvalue weighted by molar-refractivity contribution is 0.178. The third-order valence-electron chi connectivity index (χ3n) is 3.55. The number of aryl methyl sites for hydroxylation is 1. The highest BCUT2D eigenvalue weighted by Gasteiger charge is 2.12. The van der Waals surface area contributed by atoms with Gasteiger partial charge in [0.15, 0.2) is 5.96 Å². The van der Waals surface area contributed by atoms with Gasteiger partial charge in [0.25, 0.3) is 0 Å². The maximum absolute atomic E-state index is 4.47. The van der Waals surface area contributed by atoms with Gasteiger partial charge in [-0.3, -0.25) is 9.89 Å². The Balaban J connectivity index is 2.27. The minimum absolute atomic E-state index is 0.560. The van der Waals surface area contributed by atoms with Crippen molar-refractivity contribution in [3.63, 3.8) is 0 Å². The Kier molecular flexibility index (Phi) is 8.42. The number of hydrogen-bond donors (Lipinski definition) is 2. The lowest BCUT2D eigenvalue weighted by Crippen LogP contribution is -2.45. The van der Waals surface area contributed by atoms with Crippen molar-refractivity contribution < 1.29 is 0 Å². The van der Waals surface area contributed by atoms with Gasteiger partial charge >= 0.3 is 0 Å². The summed E-state index contributed by atoms with van der Waals surface area (Å²) in [5.41, 5.74) is 1.15. The van der Waals surface area contributed by atoms with Gasteiger partial charge < -0.3 is 10.6 Å². The van der Waals surface area contributed by atoms with Crippen molar-refractivity contribution in [2.75, 3.05) is 26.7 Å². The molecule has 0 saturated carbocycles. The molecule has 0 atom stereocenters. The Morgan fingerprint density at radius 3 is 2.36 bits per heavy atom. The summed E-state index contributed by atoms with van der Waals surface area (Å²) in [6.45, 7) is 13.8. The molecule has 1 aromatic heterocycles. The van der Waals surface area contributed by atoms with Gasteiger partial charge in [0.2, 0.25) is 0 Å². The molecule has 1 heterocycles. The summed E-state index contributed by atoms with van der Waals surface area (Å²) in [6.07, 6.45) is 0.926. The predicted octanol–water partition coefficient (Wildman–Crippen LogP) is 2.28. The molecule has 5 nitrogen and oxygen atoms in total. The van der Waals surface area contributed by atoms with Crippen LogP contribution in [0.25, 0.3) is 0 Å². The highest BCUT2D eigenvalue weighted by Crippen LogP contribution is 2.07. The average molecular weight is 326 g/mol. The second kappa shape index (κ2) is 9.79. The molecule has 0 aliphatic heterocycles. The number of aliphatic imine (C=N–C) groups is 1. The van der Waals surface area contributed by atoms with E-state index in [0.29, 0.717) is 12.1 Å². The van der Waals surface area contributed by atoms with Gasteiger partial charge in [-0.15, -0.1) is 11.3 Å². The van der Waals surface area contributed by atoms with E-state index in [-0.39, 0.29) is 0 Å². The fraction of sp³-hybridized carbons (Fsp3) is 0.750. The molecule has 22 heavy (non-hydrogen) atoms. The van der Waals surface area contributed by atoms with Crippen LogP contribution in [0, 0.1) is 6.92 Å². The number of nitrogens with one attached hydrogen (secondary N) is 2. The summed E-state index contributed by atoms with van der Waals surface area (Å²) in [5.74, 6) is 0.861. The van der Waals surface area contributed by atoms with Crippen molar-refractivity contribution in [1.82, 2.24) is 20.5 Å². The average Bonchev–Trinajstić information content (AvgIpc) is 2.86. The fourth-order valence-electron chi connectivity index (χ4n) is 2.47. The van der Waals surface area contributed by atoms with Gasteiger partial charge in [-0.05, 0) is 34.6 Å². The van der Waals surface area contributed by atoms with Crippen LogP contribution in [-0.2, 0) is 6.42 Å². The topological polar surface area (TPSA) is 52.6 Å². The fourth-order valence-corrected chi connectivity index (χ4v) is 3.12. The third-order valence-corrected chi connectivity index (χ3v) is 4.38.